The van der Waals surface area contributed by atoms with Gasteiger partial charge < -0.3 is 15.2 Å². The number of benzene rings is 1. The van der Waals surface area contributed by atoms with Gasteiger partial charge >= 0.3 is 5.97 Å². The fourth-order valence-corrected chi connectivity index (χ4v) is 3.71. The second-order valence-electron chi connectivity index (χ2n) is 6.58. The van der Waals surface area contributed by atoms with Crippen molar-refractivity contribution in [3.05, 3.63) is 35.4 Å². The van der Waals surface area contributed by atoms with Gasteiger partial charge in [0.25, 0.3) is 0 Å². The summed E-state index contributed by atoms with van der Waals surface area (Å²) in [6.07, 6.45) is 6.69. The Morgan fingerprint density at radius 3 is 2.82 bits per heavy atom. The Kier molecular flexibility index (Phi) is 4.79. The number of carboxylic acid groups (broad SMARTS) is 1. The van der Waals surface area contributed by atoms with Gasteiger partial charge in [-0.05, 0) is 42.7 Å². The van der Waals surface area contributed by atoms with Gasteiger partial charge in [0.05, 0.1) is 0 Å². The van der Waals surface area contributed by atoms with E-state index in [4.69, 9.17) is 4.74 Å². The van der Waals surface area contributed by atoms with Gasteiger partial charge in [-0.25, -0.2) is 4.79 Å². The Labute approximate surface area is 131 Å². The van der Waals surface area contributed by atoms with Crippen LogP contribution in [0.3, 0.4) is 0 Å². The number of rotatable bonds is 6. The van der Waals surface area contributed by atoms with Crippen molar-refractivity contribution in [2.75, 3.05) is 13.2 Å². The molecular formula is C18H25NO3. The molecule has 120 valence electrons. The molecule has 1 aromatic rings. The average Bonchev–Trinajstić information content (AvgIpc) is 3.20. The van der Waals surface area contributed by atoms with Crippen molar-refractivity contribution in [3.63, 3.8) is 0 Å². The van der Waals surface area contributed by atoms with Crippen molar-refractivity contribution < 1.29 is 14.6 Å². The van der Waals surface area contributed by atoms with Crippen LogP contribution in [0, 0.1) is 0 Å². The maximum absolute atomic E-state index is 11.4. The molecule has 4 heteroatoms. The van der Waals surface area contributed by atoms with Crippen LogP contribution in [0.5, 0.6) is 0 Å². The van der Waals surface area contributed by atoms with Crippen LogP contribution in [-0.2, 0) is 16.1 Å². The Morgan fingerprint density at radius 2 is 2.14 bits per heavy atom. The molecule has 3 rings (SSSR count). The van der Waals surface area contributed by atoms with E-state index in [0.29, 0.717) is 32.0 Å². The molecule has 0 amide bonds. The Hall–Kier alpha value is -1.39. The Balaban J connectivity index is 1.57. The summed E-state index contributed by atoms with van der Waals surface area (Å²) in [6.45, 7) is 1.61. The molecule has 2 N–H and O–H groups in total. The molecule has 4 nitrogen and oxygen atoms in total. The van der Waals surface area contributed by atoms with Crippen molar-refractivity contribution in [1.82, 2.24) is 5.32 Å². The summed E-state index contributed by atoms with van der Waals surface area (Å²) in [6, 6.07) is 8.71. The first-order valence-corrected chi connectivity index (χ1v) is 8.36. The first kappa shape index (κ1) is 15.5. The van der Waals surface area contributed by atoms with Crippen LogP contribution in [0.4, 0.5) is 0 Å². The van der Waals surface area contributed by atoms with Gasteiger partial charge in [-0.2, -0.15) is 0 Å². The highest BCUT2D eigenvalue weighted by Crippen LogP contribution is 2.34. The highest BCUT2D eigenvalue weighted by Gasteiger charge is 2.42. The minimum absolute atomic E-state index is 0.371. The smallest absolute Gasteiger partial charge is 0.337 e. The van der Waals surface area contributed by atoms with E-state index in [1.807, 2.05) is 0 Å². The molecular weight excluding hydrogens is 278 g/mol. The van der Waals surface area contributed by atoms with Gasteiger partial charge in [-0.3, -0.25) is 0 Å². The number of aliphatic carboxylic acids is 1. The highest BCUT2D eigenvalue weighted by molar-refractivity contribution is 5.78. The first-order valence-electron chi connectivity index (χ1n) is 8.36. The van der Waals surface area contributed by atoms with Gasteiger partial charge in [-0.15, -0.1) is 0 Å². The maximum Gasteiger partial charge on any atom is 0.337 e. The molecule has 1 aliphatic heterocycles. The zero-order valence-corrected chi connectivity index (χ0v) is 13.0. The third-order valence-corrected chi connectivity index (χ3v) is 5.01. The number of carbonyl (C=O) groups is 1. The zero-order valence-electron chi connectivity index (χ0n) is 13.0. The highest BCUT2D eigenvalue weighted by atomic mass is 16.5. The Bertz CT molecular complexity index is 517. The molecule has 1 aromatic carbocycles. The molecule has 0 bridgehead atoms. The predicted molar refractivity (Wildman–Crippen MR) is 84.9 cm³/mol. The molecule has 1 saturated heterocycles. The van der Waals surface area contributed by atoms with E-state index in [9.17, 15) is 9.90 Å². The number of nitrogens with one attached hydrogen (secondary N) is 1. The lowest BCUT2D eigenvalue weighted by Crippen LogP contribution is -2.46. The molecule has 2 fully saturated rings. The standard InChI is InChI=1S/C18H25NO3/c20-17(21)18(9-4-10-22-18)13-19-12-14-5-3-8-16(11-14)15-6-1-2-7-15/h3,5,8,11,15,19H,1-2,4,6-7,9-10,12-13H2,(H,20,21). The normalized spacial score (nSPS) is 25.6. The molecule has 0 spiro atoms. The van der Waals surface area contributed by atoms with E-state index >= 15 is 0 Å². The topological polar surface area (TPSA) is 58.6 Å². The minimum atomic E-state index is -1.02. The molecule has 1 saturated carbocycles. The van der Waals surface area contributed by atoms with Crippen LogP contribution in [0.15, 0.2) is 24.3 Å². The van der Waals surface area contributed by atoms with Crippen LogP contribution in [0.1, 0.15) is 55.6 Å². The monoisotopic (exact) mass is 303 g/mol. The van der Waals surface area contributed by atoms with Crippen molar-refractivity contribution in [3.8, 4) is 0 Å². The Morgan fingerprint density at radius 1 is 1.32 bits per heavy atom. The van der Waals surface area contributed by atoms with Crippen molar-refractivity contribution in [2.24, 2.45) is 0 Å². The van der Waals surface area contributed by atoms with Gasteiger partial charge in [0.2, 0.25) is 0 Å². The summed E-state index contributed by atoms with van der Waals surface area (Å²) in [5.74, 6) is -0.138. The summed E-state index contributed by atoms with van der Waals surface area (Å²) < 4.78 is 5.48. The predicted octanol–water partition coefficient (Wildman–Crippen LogP) is 3.07. The third kappa shape index (κ3) is 3.33. The van der Waals surface area contributed by atoms with Crippen LogP contribution in [0.25, 0.3) is 0 Å². The number of ether oxygens (including phenoxy) is 1. The van der Waals surface area contributed by atoms with Gasteiger partial charge in [0, 0.05) is 19.7 Å². The van der Waals surface area contributed by atoms with E-state index in [0.717, 1.165) is 6.42 Å². The van der Waals surface area contributed by atoms with Crippen molar-refractivity contribution in [2.45, 2.75) is 56.6 Å². The molecule has 1 aliphatic carbocycles. The third-order valence-electron chi connectivity index (χ3n) is 5.01. The van der Waals surface area contributed by atoms with E-state index in [1.165, 1.54) is 36.8 Å². The lowest BCUT2D eigenvalue weighted by atomic mass is 9.96. The van der Waals surface area contributed by atoms with Gasteiger partial charge in [-0.1, -0.05) is 37.1 Å². The lowest BCUT2D eigenvalue weighted by Gasteiger charge is -2.23. The van der Waals surface area contributed by atoms with E-state index in [2.05, 4.69) is 29.6 Å². The van der Waals surface area contributed by atoms with E-state index in [-0.39, 0.29) is 0 Å². The van der Waals surface area contributed by atoms with Crippen LogP contribution < -0.4 is 5.32 Å². The summed E-state index contributed by atoms with van der Waals surface area (Å²) in [5, 5.41) is 12.7. The molecule has 2 aliphatic rings. The van der Waals surface area contributed by atoms with Gasteiger partial charge in [0.15, 0.2) is 5.60 Å². The molecule has 0 radical (unpaired) electrons. The number of hydrogen-bond donors (Lipinski definition) is 2. The van der Waals surface area contributed by atoms with E-state index in [1.54, 1.807) is 0 Å². The molecule has 22 heavy (non-hydrogen) atoms. The minimum Gasteiger partial charge on any atom is -0.479 e. The average molecular weight is 303 g/mol. The summed E-state index contributed by atoms with van der Waals surface area (Å²) in [5.41, 5.74) is 1.63. The second kappa shape index (κ2) is 6.80. The van der Waals surface area contributed by atoms with Gasteiger partial charge in [0.1, 0.15) is 0 Å². The van der Waals surface area contributed by atoms with E-state index < -0.39 is 11.6 Å². The van der Waals surface area contributed by atoms with Crippen molar-refractivity contribution >= 4 is 5.97 Å². The molecule has 1 heterocycles. The maximum atomic E-state index is 11.4. The van der Waals surface area contributed by atoms with Crippen LogP contribution >= 0.6 is 0 Å². The summed E-state index contributed by atoms with van der Waals surface area (Å²) >= 11 is 0. The fraction of sp³-hybridized carbons (Fsp3) is 0.611. The molecule has 1 unspecified atom stereocenters. The largest absolute Gasteiger partial charge is 0.479 e. The fourth-order valence-electron chi connectivity index (χ4n) is 3.71. The SMILES string of the molecule is O=C(O)C1(CNCc2cccc(C3CCCC3)c2)CCCO1. The second-order valence-corrected chi connectivity index (χ2v) is 6.58. The summed E-state index contributed by atoms with van der Waals surface area (Å²) in [7, 11) is 0. The molecule has 1 atom stereocenters. The first-order chi connectivity index (χ1) is 10.7. The number of hydrogen-bond acceptors (Lipinski definition) is 3. The molecule has 0 aromatic heterocycles. The number of carboxylic acids is 1. The van der Waals surface area contributed by atoms with Crippen LogP contribution in [-0.4, -0.2) is 29.8 Å². The summed E-state index contributed by atoms with van der Waals surface area (Å²) in [4.78, 5) is 11.4. The quantitative estimate of drug-likeness (QED) is 0.848. The lowest BCUT2D eigenvalue weighted by molar-refractivity contribution is -0.159. The van der Waals surface area contributed by atoms with Crippen molar-refractivity contribution in [1.29, 1.82) is 0 Å². The zero-order chi connectivity index (χ0) is 15.4. The van der Waals surface area contributed by atoms with Crippen LogP contribution in [0.2, 0.25) is 0 Å².